The molecule has 0 aromatic carbocycles. The van der Waals surface area contributed by atoms with Crippen LogP contribution in [0.15, 0.2) is 30.6 Å². The maximum Gasteiger partial charge on any atom is 0.278 e. The van der Waals surface area contributed by atoms with Crippen LogP contribution in [0, 0.1) is 0 Å². The van der Waals surface area contributed by atoms with Gasteiger partial charge in [-0.05, 0) is 32.0 Å². The summed E-state index contributed by atoms with van der Waals surface area (Å²) in [6, 6.07) is 5.83. The molecule has 1 saturated heterocycles. The zero-order valence-electron chi connectivity index (χ0n) is 14.3. The van der Waals surface area contributed by atoms with Crippen LogP contribution in [0.5, 0.6) is 0 Å². The Morgan fingerprint density at radius 2 is 2.00 bits per heavy atom. The number of aromatic nitrogens is 3. The first-order valence-corrected chi connectivity index (χ1v) is 8.18. The second-order valence-corrected chi connectivity index (χ2v) is 6.11. The molecular weight excluding hydrogens is 306 g/mol. The van der Waals surface area contributed by atoms with Gasteiger partial charge in [-0.15, -0.1) is 0 Å². The Kier molecular flexibility index (Phi) is 4.80. The van der Waals surface area contributed by atoms with Gasteiger partial charge < -0.3 is 14.5 Å². The van der Waals surface area contributed by atoms with E-state index in [4.69, 9.17) is 4.74 Å². The zero-order valence-corrected chi connectivity index (χ0v) is 14.3. The molecule has 1 aliphatic heterocycles. The van der Waals surface area contributed by atoms with E-state index in [-0.39, 0.29) is 11.9 Å². The average Bonchev–Trinajstić information content (AvgIpc) is 3.12. The summed E-state index contributed by atoms with van der Waals surface area (Å²) in [5.74, 6) is 0.766. The fourth-order valence-corrected chi connectivity index (χ4v) is 2.58. The van der Waals surface area contributed by atoms with Crippen LogP contribution in [0.3, 0.4) is 0 Å². The van der Waals surface area contributed by atoms with Gasteiger partial charge in [0.1, 0.15) is 5.82 Å². The van der Waals surface area contributed by atoms with Gasteiger partial charge in [0.2, 0.25) is 0 Å². The number of pyridine rings is 1. The molecule has 0 N–H and O–H groups in total. The monoisotopic (exact) mass is 329 g/mol. The highest BCUT2D eigenvalue weighted by Gasteiger charge is 2.18. The summed E-state index contributed by atoms with van der Waals surface area (Å²) >= 11 is 0. The van der Waals surface area contributed by atoms with Crippen molar-refractivity contribution in [2.75, 3.05) is 43.2 Å². The lowest BCUT2D eigenvalue weighted by molar-refractivity contribution is 0.0987. The van der Waals surface area contributed by atoms with Gasteiger partial charge in [-0.25, -0.2) is 4.98 Å². The highest BCUT2D eigenvalue weighted by atomic mass is 16.5. The van der Waals surface area contributed by atoms with Gasteiger partial charge in [0.05, 0.1) is 25.1 Å². The number of rotatable bonds is 4. The van der Waals surface area contributed by atoms with Gasteiger partial charge in [-0.1, -0.05) is 0 Å². The summed E-state index contributed by atoms with van der Waals surface area (Å²) in [6.07, 6.45) is 3.55. The van der Waals surface area contributed by atoms with Gasteiger partial charge in [0.15, 0.2) is 5.69 Å². The Balaban J connectivity index is 1.71. The van der Waals surface area contributed by atoms with E-state index in [0.29, 0.717) is 5.69 Å². The second-order valence-electron chi connectivity index (χ2n) is 6.11. The van der Waals surface area contributed by atoms with Crippen LogP contribution < -0.4 is 9.80 Å². The summed E-state index contributed by atoms with van der Waals surface area (Å²) in [7, 11) is 1.74. The molecule has 0 aliphatic carbocycles. The van der Waals surface area contributed by atoms with Crippen LogP contribution in [0.25, 0.3) is 0 Å². The summed E-state index contributed by atoms with van der Waals surface area (Å²) < 4.78 is 7.13. The Morgan fingerprint density at radius 1 is 1.25 bits per heavy atom. The molecule has 1 aliphatic rings. The van der Waals surface area contributed by atoms with Crippen LogP contribution in [0.2, 0.25) is 0 Å². The van der Waals surface area contributed by atoms with Gasteiger partial charge >= 0.3 is 0 Å². The minimum atomic E-state index is -0.143. The third-order valence-electron chi connectivity index (χ3n) is 4.12. The molecule has 2 aromatic heterocycles. The van der Waals surface area contributed by atoms with Crippen molar-refractivity contribution < 1.29 is 9.53 Å². The van der Waals surface area contributed by atoms with Crippen LogP contribution in [-0.4, -0.2) is 54.0 Å². The quantitative estimate of drug-likeness (QED) is 0.858. The number of anilines is 2. The van der Waals surface area contributed by atoms with Crippen LogP contribution >= 0.6 is 0 Å². The van der Waals surface area contributed by atoms with Crippen molar-refractivity contribution in [2.24, 2.45) is 0 Å². The molecular formula is C17H23N5O2. The van der Waals surface area contributed by atoms with E-state index in [1.807, 2.05) is 32.2 Å². The Labute approximate surface area is 141 Å². The average molecular weight is 329 g/mol. The van der Waals surface area contributed by atoms with Gasteiger partial charge in [0.25, 0.3) is 5.91 Å². The van der Waals surface area contributed by atoms with Crippen LogP contribution in [0.4, 0.5) is 11.5 Å². The predicted molar refractivity (Wildman–Crippen MR) is 92.6 cm³/mol. The van der Waals surface area contributed by atoms with Crippen molar-refractivity contribution in [1.82, 2.24) is 14.8 Å². The number of morpholine rings is 1. The lowest BCUT2D eigenvalue weighted by Gasteiger charge is -2.28. The van der Waals surface area contributed by atoms with Gasteiger partial charge in [-0.2, -0.15) is 5.10 Å². The second kappa shape index (κ2) is 7.00. The summed E-state index contributed by atoms with van der Waals surface area (Å²) in [5.41, 5.74) is 1.18. The largest absolute Gasteiger partial charge is 0.378 e. The predicted octanol–water partition coefficient (Wildman–Crippen LogP) is 1.97. The summed E-state index contributed by atoms with van der Waals surface area (Å²) in [5, 5.41) is 4.33. The standard InChI is InChI=1S/C17H23N5O2/c1-13(2)22-7-6-15(19-22)17(23)20(3)14-4-5-16(18-12-14)21-8-10-24-11-9-21/h4-7,12-13H,8-11H2,1-3H3. The highest BCUT2D eigenvalue weighted by Crippen LogP contribution is 2.19. The number of amides is 1. The molecule has 0 radical (unpaired) electrons. The van der Waals surface area contributed by atoms with E-state index < -0.39 is 0 Å². The molecule has 128 valence electrons. The van der Waals surface area contributed by atoms with Crippen molar-refractivity contribution in [3.05, 3.63) is 36.3 Å². The number of carbonyl (C=O) groups is 1. The molecule has 3 rings (SSSR count). The fraction of sp³-hybridized carbons (Fsp3) is 0.471. The first-order chi connectivity index (χ1) is 11.6. The molecule has 0 atom stereocenters. The first kappa shape index (κ1) is 16.4. The Hall–Kier alpha value is -2.41. The van der Waals surface area contributed by atoms with Gasteiger partial charge in [0, 0.05) is 32.4 Å². The molecule has 1 amide bonds. The van der Waals surface area contributed by atoms with Crippen molar-refractivity contribution in [1.29, 1.82) is 0 Å². The minimum Gasteiger partial charge on any atom is -0.378 e. The maximum absolute atomic E-state index is 12.6. The topological polar surface area (TPSA) is 63.5 Å². The Morgan fingerprint density at radius 3 is 2.58 bits per heavy atom. The van der Waals surface area contributed by atoms with Crippen molar-refractivity contribution >= 4 is 17.4 Å². The molecule has 7 nitrogen and oxygen atoms in total. The number of hydrogen-bond donors (Lipinski definition) is 0. The molecule has 2 aromatic rings. The fourth-order valence-electron chi connectivity index (χ4n) is 2.58. The lowest BCUT2D eigenvalue weighted by atomic mass is 10.3. The van der Waals surface area contributed by atoms with E-state index in [2.05, 4.69) is 15.0 Å². The van der Waals surface area contributed by atoms with E-state index in [0.717, 1.165) is 37.8 Å². The molecule has 24 heavy (non-hydrogen) atoms. The van der Waals surface area contributed by atoms with Crippen LogP contribution in [-0.2, 0) is 4.74 Å². The molecule has 0 saturated carbocycles. The minimum absolute atomic E-state index is 0.143. The van der Waals surface area contributed by atoms with E-state index in [1.165, 1.54) is 0 Å². The molecule has 0 unspecified atom stereocenters. The van der Waals surface area contributed by atoms with Crippen LogP contribution in [0.1, 0.15) is 30.4 Å². The molecule has 3 heterocycles. The van der Waals surface area contributed by atoms with E-state index in [9.17, 15) is 4.79 Å². The molecule has 1 fully saturated rings. The van der Waals surface area contributed by atoms with Crippen molar-refractivity contribution in [2.45, 2.75) is 19.9 Å². The SMILES string of the molecule is CC(C)n1ccc(C(=O)N(C)c2ccc(N3CCOCC3)nc2)n1. The van der Waals surface area contributed by atoms with Crippen molar-refractivity contribution in [3.8, 4) is 0 Å². The number of ether oxygens (including phenoxy) is 1. The first-order valence-electron chi connectivity index (χ1n) is 8.18. The molecule has 0 spiro atoms. The lowest BCUT2D eigenvalue weighted by Crippen LogP contribution is -2.36. The highest BCUT2D eigenvalue weighted by molar-refractivity contribution is 6.04. The maximum atomic E-state index is 12.6. The molecule has 7 heteroatoms. The normalized spacial score (nSPS) is 14.9. The number of hydrogen-bond acceptors (Lipinski definition) is 5. The summed E-state index contributed by atoms with van der Waals surface area (Å²) in [6.45, 7) is 7.18. The van der Waals surface area contributed by atoms with E-state index >= 15 is 0 Å². The third kappa shape index (κ3) is 3.41. The van der Waals surface area contributed by atoms with Gasteiger partial charge in [-0.3, -0.25) is 9.48 Å². The number of carbonyl (C=O) groups excluding carboxylic acids is 1. The Bertz CT molecular complexity index is 689. The summed E-state index contributed by atoms with van der Waals surface area (Å²) in [4.78, 5) is 20.8. The number of nitrogens with zero attached hydrogens (tertiary/aromatic N) is 5. The smallest absolute Gasteiger partial charge is 0.278 e. The molecule has 0 bridgehead atoms. The third-order valence-corrected chi connectivity index (χ3v) is 4.12. The zero-order chi connectivity index (χ0) is 17.1. The van der Waals surface area contributed by atoms with Crippen molar-refractivity contribution in [3.63, 3.8) is 0 Å². The van der Waals surface area contributed by atoms with E-state index in [1.54, 1.807) is 28.9 Å².